The minimum atomic E-state index is -0.164. The monoisotopic (exact) mass is 304 g/mol. The van der Waals surface area contributed by atoms with Gasteiger partial charge in [-0.25, -0.2) is 0 Å². The average Bonchev–Trinajstić information content (AvgIpc) is 2.47. The van der Waals surface area contributed by atoms with Gasteiger partial charge in [0, 0.05) is 25.8 Å². The van der Waals surface area contributed by atoms with Crippen LogP contribution in [0, 0.1) is 11.8 Å². The van der Waals surface area contributed by atoms with Crippen LogP contribution in [-0.4, -0.2) is 71.1 Å². The molecule has 0 bridgehead atoms. The third kappa shape index (κ3) is 7.90. The molecule has 0 aliphatic carbocycles. The first-order valence-electron chi connectivity index (χ1n) is 7.57. The van der Waals surface area contributed by atoms with E-state index in [0.29, 0.717) is 19.4 Å². The van der Waals surface area contributed by atoms with Gasteiger partial charge in [-0.3, -0.25) is 4.90 Å². The minimum absolute atomic E-state index is 0.0597. The van der Waals surface area contributed by atoms with Crippen molar-refractivity contribution in [2.75, 3.05) is 39.8 Å². The Hall–Kier alpha value is -0.500. The Kier molecular flexibility index (Phi) is 11.8. The predicted octanol–water partition coefficient (Wildman–Crippen LogP) is -0.261. The second-order valence-electron chi connectivity index (χ2n) is 5.59. The Morgan fingerprint density at radius 3 is 2.14 bits per heavy atom. The Bertz CT molecular complexity index is 272. The highest BCUT2D eigenvalue weighted by atomic mass is 16.3. The molecule has 0 aliphatic heterocycles. The summed E-state index contributed by atoms with van der Waals surface area (Å²) in [6, 6.07) is 0.0597. The molecule has 6 nitrogen and oxygen atoms in total. The normalized spacial score (nSPS) is 16.0. The van der Waals surface area contributed by atoms with Crippen molar-refractivity contribution >= 4 is 0 Å². The first kappa shape index (κ1) is 20.5. The molecule has 5 N–H and O–H groups in total. The van der Waals surface area contributed by atoms with Gasteiger partial charge >= 0.3 is 0 Å². The summed E-state index contributed by atoms with van der Waals surface area (Å²) in [6.07, 6.45) is 1.19. The average molecular weight is 304 g/mol. The van der Waals surface area contributed by atoms with E-state index in [-0.39, 0.29) is 44.6 Å². The van der Waals surface area contributed by atoms with E-state index in [1.807, 2.05) is 6.92 Å². The van der Waals surface area contributed by atoms with E-state index in [9.17, 15) is 0 Å². The fourth-order valence-corrected chi connectivity index (χ4v) is 2.27. The third-order valence-corrected chi connectivity index (χ3v) is 4.11. The number of hydrogen-bond acceptors (Lipinski definition) is 6. The number of aliphatic hydroxyl groups is 4. The molecule has 0 aromatic heterocycles. The van der Waals surface area contributed by atoms with E-state index in [0.717, 1.165) is 12.1 Å². The van der Waals surface area contributed by atoms with Gasteiger partial charge in [-0.05, 0) is 38.1 Å². The van der Waals surface area contributed by atoms with Crippen molar-refractivity contribution in [3.63, 3.8) is 0 Å². The molecule has 3 atom stereocenters. The highest BCUT2D eigenvalue weighted by Crippen LogP contribution is 2.16. The van der Waals surface area contributed by atoms with Crippen molar-refractivity contribution in [1.29, 1.82) is 0 Å². The van der Waals surface area contributed by atoms with E-state index < -0.39 is 0 Å². The summed E-state index contributed by atoms with van der Waals surface area (Å²) in [4.78, 5) is 1.59. The number of rotatable bonds is 13. The highest BCUT2D eigenvalue weighted by molar-refractivity contribution is 5.01. The van der Waals surface area contributed by atoms with Crippen molar-refractivity contribution < 1.29 is 20.4 Å². The van der Waals surface area contributed by atoms with E-state index in [2.05, 4.69) is 18.8 Å². The molecule has 6 heteroatoms. The van der Waals surface area contributed by atoms with Crippen molar-refractivity contribution in [3.05, 3.63) is 12.2 Å². The largest absolute Gasteiger partial charge is 0.396 e. The number of nitrogens with one attached hydrogen (secondary N) is 1. The fourth-order valence-electron chi connectivity index (χ4n) is 2.27. The predicted molar refractivity (Wildman–Crippen MR) is 83.5 cm³/mol. The molecule has 0 aromatic rings. The Morgan fingerprint density at radius 1 is 1.05 bits per heavy atom. The van der Waals surface area contributed by atoms with E-state index in [4.69, 9.17) is 20.4 Å². The first-order chi connectivity index (χ1) is 10.0. The summed E-state index contributed by atoms with van der Waals surface area (Å²) in [5.74, 6) is 0.404. The lowest BCUT2D eigenvalue weighted by Crippen LogP contribution is -2.43. The maximum Gasteiger partial charge on any atom is 0.0976 e. The zero-order chi connectivity index (χ0) is 16.3. The molecule has 0 aliphatic rings. The van der Waals surface area contributed by atoms with Crippen LogP contribution in [0.15, 0.2) is 12.2 Å². The van der Waals surface area contributed by atoms with Crippen LogP contribution < -0.4 is 5.32 Å². The second kappa shape index (κ2) is 12.1. The van der Waals surface area contributed by atoms with Crippen LogP contribution in [0.1, 0.15) is 26.7 Å². The molecule has 0 saturated heterocycles. The van der Waals surface area contributed by atoms with Crippen LogP contribution in [0.5, 0.6) is 0 Å². The smallest absolute Gasteiger partial charge is 0.0976 e. The van der Waals surface area contributed by atoms with Crippen LogP contribution in [0.25, 0.3) is 0 Å². The molecule has 21 heavy (non-hydrogen) atoms. The zero-order valence-electron chi connectivity index (χ0n) is 13.3. The van der Waals surface area contributed by atoms with Gasteiger partial charge in [0.1, 0.15) is 0 Å². The quantitative estimate of drug-likeness (QED) is 0.238. The highest BCUT2D eigenvalue weighted by Gasteiger charge is 2.19. The molecule has 0 heterocycles. The van der Waals surface area contributed by atoms with Gasteiger partial charge in [0.25, 0.3) is 0 Å². The molecule has 0 fully saturated rings. The van der Waals surface area contributed by atoms with Crippen LogP contribution in [0.3, 0.4) is 0 Å². The van der Waals surface area contributed by atoms with Gasteiger partial charge in [-0.1, -0.05) is 19.1 Å². The number of aliphatic hydroxyl groups excluding tert-OH is 4. The molecular formula is C15H32N2O4. The summed E-state index contributed by atoms with van der Waals surface area (Å²) >= 11 is 0. The lowest BCUT2D eigenvalue weighted by Gasteiger charge is -2.30. The molecule has 126 valence electrons. The molecule has 3 unspecified atom stereocenters. The standard InChI is InChI=1S/C15H32N2O4/c1-12(4-6-18)15(5-7-19)9-16-8-13(2)14(3)17(10-20)11-21/h13-16,18-21H,1,4-11H2,2-3H3. The van der Waals surface area contributed by atoms with Gasteiger partial charge in [-0.2, -0.15) is 0 Å². The van der Waals surface area contributed by atoms with E-state index in [1.54, 1.807) is 4.90 Å². The molecular weight excluding hydrogens is 272 g/mol. The zero-order valence-corrected chi connectivity index (χ0v) is 13.3. The molecule has 0 amide bonds. The Labute approximate surface area is 128 Å². The summed E-state index contributed by atoms with van der Waals surface area (Å²) in [7, 11) is 0. The summed E-state index contributed by atoms with van der Waals surface area (Å²) in [5.41, 5.74) is 0.951. The van der Waals surface area contributed by atoms with Crippen LogP contribution in [0.2, 0.25) is 0 Å². The van der Waals surface area contributed by atoms with Crippen LogP contribution >= 0.6 is 0 Å². The number of nitrogens with zero attached hydrogens (tertiary/aromatic N) is 1. The Balaban J connectivity index is 4.21. The summed E-state index contributed by atoms with van der Waals surface area (Å²) < 4.78 is 0. The number of hydrogen-bond donors (Lipinski definition) is 5. The molecule has 0 radical (unpaired) electrons. The lowest BCUT2D eigenvalue weighted by molar-refractivity contribution is -0.0128. The van der Waals surface area contributed by atoms with Crippen molar-refractivity contribution in [3.8, 4) is 0 Å². The maximum atomic E-state index is 9.14. The Morgan fingerprint density at radius 2 is 1.67 bits per heavy atom. The first-order valence-corrected chi connectivity index (χ1v) is 7.57. The van der Waals surface area contributed by atoms with Gasteiger partial charge in [0.15, 0.2) is 0 Å². The van der Waals surface area contributed by atoms with Crippen molar-refractivity contribution in [1.82, 2.24) is 10.2 Å². The van der Waals surface area contributed by atoms with E-state index in [1.165, 1.54) is 0 Å². The van der Waals surface area contributed by atoms with Crippen LogP contribution in [0.4, 0.5) is 0 Å². The van der Waals surface area contributed by atoms with Gasteiger partial charge < -0.3 is 25.7 Å². The van der Waals surface area contributed by atoms with Crippen LogP contribution in [-0.2, 0) is 0 Å². The minimum Gasteiger partial charge on any atom is -0.396 e. The van der Waals surface area contributed by atoms with Gasteiger partial charge in [-0.15, -0.1) is 0 Å². The van der Waals surface area contributed by atoms with Gasteiger partial charge in [0.05, 0.1) is 13.5 Å². The SMILES string of the molecule is C=C(CCO)C(CCO)CNCC(C)C(C)N(CO)CO. The molecule has 0 spiro atoms. The molecule has 0 rings (SSSR count). The molecule has 0 aromatic carbocycles. The van der Waals surface area contributed by atoms with Gasteiger partial charge in [0.2, 0.25) is 0 Å². The maximum absolute atomic E-state index is 9.14. The third-order valence-electron chi connectivity index (χ3n) is 4.11. The molecule has 0 saturated carbocycles. The second-order valence-corrected chi connectivity index (χ2v) is 5.59. The van der Waals surface area contributed by atoms with E-state index >= 15 is 0 Å². The lowest BCUT2D eigenvalue weighted by atomic mass is 9.94. The summed E-state index contributed by atoms with van der Waals surface area (Å²) in [5, 5.41) is 39.7. The topological polar surface area (TPSA) is 96.2 Å². The van der Waals surface area contributed by atoms with Crippen molar-refractivity contribution in [2.24, 2.45) is 11.8 Å². The van der Waals surface area contributed by atoms with Crippen molar-refractivity contribution in [2.45, 2.75) is 32.7 Å². The summed E-state index contributed by atoms with van der Waals surface area (Å²) in [6.45, 7) is 9.29. The fraction of sp³-hybridized carbons (Fsp3) is 0.867.